The Balaban J connectivity index is 2.20. The molecule has 0 aliphatic heterocycles. The summed E-state index contributed by atoms with van der Waals surface area (Å²) in [6, 6.07) is 0. The minimum atomic E-state index is -0.0217. The molecule has 100 valence electrons. The molecular formula is C12H23NO4. The monoisotopic (exact) mass is 245 g/mol. The van der Waals surface area contributed by atoms with Crippen molar-refractivity contribution < 1.29 is 19.4 Å². The number of aliphatic hydroxyl groups is 1. The van der Waals surface area contributed by atoms with Crippen LogP contribution in [-0.2, 0) is 14.3 Å². The number of ether oxygens (including phenoxy) is 2. The first kappa shape index (κ1) is 14.4. The SMILES string of the molecule is COC1CCCCC1C(=O)NCCOCCO. The summed E-state index contributed by atoms with van der Waals surface area (Å²) in [5.41, 5.74) is 0. The number of nitrogens with one attached hydrogen (secondary N) is 1. The molecule has 0 aromatic carbocycles. The zero-order valence-corrected chi connectivity index (χ0v) is 10.5. The molecule has 1 fully saturated rings. The van der Waals surface area contributed by atoms with Crippen molar-refractivity contribution in [2.24, 2.45) is 5.92 Å². The van der Waals surface area contributed by atoms with Crippen LogP contribution >= 0.6 is 0 Å². The van der Waals surface area contributed by atoms with Crippen molar-refractivity contribution in [3.05, 3.63) is 0 Å². The topological polar surface area (TPSA) is 67.8 Å². The Hall–Kier alpha value is -0.650. The van der Waals surface area contributed by atoms with Crippen molar-refractivity contribution in [1.29, 1.82) is 0 Å². The van der Waals surface area contributed by atoms with Crippen LogP contribution in [0.2, 0.25) is 0 Å². The summed E-state index contributed by atoms with van der Waals surface area (Å²) in [7, 11) is 1.67. The number of amides is 1. The summed E-state index contributed by atoms with van der Waals surface area (Å²) in [5, 5.41) is 11.4. The van der Waals surface area contributed by atoms with Gasteiger partial charge in [0, 0.05) is 13.7 Å². The first-order valence-corrected chi connectivity index (χ1v) is 6.28. The molecule has 17 heavy (non-hydrogen) atoms. The molecule has 0 bridgehead atoms. The Morgan fingerprint density at radius 1 is 1.35 bits per heavy atom. The van der Waals surface area contributed by atoms with Gasteiger partial charge in [0.05, 0.1) is 31.8 Å². The molecule has 0 radical (unpaired) electrons. The molecule has 0 aromatic rings. The second kappa shape index (κ2) is 8.44. The van der Waals surface area contributed by atoms with Gasteiger partial charge in [-0.3, -0.25) is 4.79 Å². The van der Waals surface area contributed by atoms with Crippen molar-refractivity contribution >= 4 is 5.91 Å². The number of hydrogen-bond donors (Lipinski definition) is 2. The van der Waals surface area contributed by atoms with Crippen LogP contribution in [0.15, 0.2) is 0 Å². The molecule has 1 aliphatic carbocycles. The van der Waals surface area contributed by atoms with E-state index in [2.05, 4.69) is 5.32 Å². The lowest BCUT2D eigenvalue weighted by atomic mass is 9.86. The normalized spacial score (nSPS) is 24.6. The second-order valence-corrected chi connectivity index (χ2v) is 4.29. The van der Waals surface area contributed by atoms with Crippen molar-refractivity contribution in [2.45, 2.75) is 31.8 Å². The molecule has 0 spiro atoms. The highest BCUT2D eigenvalue weighted by atomic mass is 16.5. The van der Waals surface area contributed by atoms with Crippen LogP contribution in [-0.4, -0.2) is 50.6 Å². The molecule has 1 rings (SSSR count). The van der Waals surface area contributed by atoms with E-state index in [1.165, 1.54) is 0 Å². The summed E-state index contributed by atoms with van der Waals surface area (Å²) in [5.74, 6) is 0.0377. The van der Waals surface area contributed by atoms with Gasteiger partial charge in [-0.25, -0.2) is 0 Å². The van der Waals surface area contributed by atoms with Gasteiger partial charge in [-0.05, 0) is 12.8 Å². The van der Waals surface area contributed by atoms with Gasteiger partial charge in [0.25, 0.3) is 0 Å². The number of hydrogen-bond acceptors (Lipinski definition) is 4. The van der Waals surface area contributed by atoms with Crippen molar-refractivity contribution in [3.8, 4) is 0 Å². The summed E-state index contributed by atoms with van der Waals surface area (Å²) >= 11 is 0. The number of carbonyl (C=O) groups excluding carboxylic acids is 1. The Labute approximate surface area is 102 Å². The molecule has 0 heterocycles. The van der Waals surface area contributed by atoms with E-state index in [0.717, 1.165) is 25.7 Å². The minimum absolute atomic E-state index is 0.0162. The number of carbonyl (C=O) groups is 1. The number of aliphatic hydroxyl groups excluding tert-OH is 1. The third kappa shape index (κ3) is 5.02. The average molecular weight is 245 g/mol. The number of rotatable bonds is 7. The smallest absolute Gasteiger partial charge is 0.225 e. The summed E-state index contributed by atoms with van der Waals surface area (Å²) in [6.45, 7) is 1.27. The molecular weight excluding hydrogens is 222 g/mol. The first-order valence-electron chi connectivity index (χ1n) is 6.28. The fourth-order valence-corrected chi connectivity index (χ4v) is 2.22. The zero-order valence-electron chi connectivity index (χ0n) is 10.5. The summed E-state index contributed by atoms with van der Waals surface area (Å²) < 4.78 is 10.4. The van der Waals surface area contributed by atoms with Crippen LogP contribution in [0.25, 0.3) is 0 Å². The lowest BCUT2D eigenvalue weighted by Crippen LogP contribution is -2.41. The van der Waals surface area contributed by atoms with Crippen molar-refractivity contribution in [3.63, 3.8) is 0 Å². The average Bonchev–Trinajstić information content (AvgIpc) is 2.38. The van der Waals surface area contributed by atoms with Crippen LogP contribution in [0.3, 0.4) is 0 Å². The second-order valence-electron chi connectivity index (χ2n) is 4.29. The molecule has 0 aromatic heterocycles. The van der Waals surface area contributed by atoms with Gasteiger partial charge in [-0.1, -0.05) is 12.8 Å². The van der Waals surface area contributed by atoms with Crippen LogP contribution in [0.1, 0.15) is 25.7 Å². The van der Waals surface area contributed by atoms with Gasteiger partial charge < -0.3 is 19.9 Å². The molecule has 2 N–H and O–H groups in total. The summed E-state index contributed by atoms with van der Waals surface area (Å²) in [6.07, 6.45) is 4.17. The molecule has 0 saturated heterocycles. The molecule has 2 unspecified atom stereocenters. The van der Waals surface area contributed by atoms with Crippen LogP contribution in [0, 0.1) is 5.92 Å². The van der Waals surface area contributed by atoms with Gasteiger partial charge in [0.15, 0.2) is 0 Å². The van der Waals surface area contributed by atoms with Crippen molar-refractivity contribution in [1.82, 2.24) is 5.32 Å². The lowest BCUT2D eigenvalue weighted by molar-refractivity contribution is -0.131. The van der Waals surface area contributed by atoms with E-state index in [1.54, 1.807) is 7.11 Å². The van der Waals surface area contributed by atoms with E-state index in [-0.39, 0.29) is 24.5 Å². The Morgan fingerprint density at radius 3 is 2.82 bits per heavy atom. The molecule has 5 nitrogen and oxygen atoms in total. The Bertz CT molecular complexity index is 223. The number of methoxy groups -OCH3 is 1. The minimum Gasteiger partial charge on any atom is -0.394 e. The maximum absolute atomic E-state index is 11.9. The van der Waals surface area contributed by atoms with Gasteiger partial charge in [0.1, 0.15) is 0 Å². The van der Waals surface area contributed by atoms with Crippen LogP contribution in [0.4, 0.5) is 0 Å². The van der Waals surface area contributed by atoms with E-state index in [9.17, 15) is 4.79 Å². The van der Waals surface area contributed by atoms with Gasteiger partial charge in [-0.2, -0.15) is 0 Å². The maximum Gasteiger partial charge on any atom is 0.225 e. The Kier molecular flexibility index (Phi) is 7.16. The molecule has 1 saturated carbocycles. The highest BCUT2D eigenvalue weighted by molar-refractivity contribution is 5.79. The van der Waals surface area contributed by atoms with Crippen LogP contribution < -0.4 is 5.32 Å². The summed E-state index contributed by atoms with van der Waals surface area (Å²) in [4.78, 5) is 11.9. The first-order chi connectivity index (χ1) is 8.29. The fourth-order valence-electron chi connectivity index (χ4n) is 2.22. The third-order valence-electron chi connectivity index (χ3n) is 3.12. The van der Waals surface area contributed by atoms with Gasteiger partial charge >= 0.3 is 0 Å². The molecule has 2 atom stereocenters. The zero-order chi connectivity index (χ0) is 12.5. The highest BCUT2D eigenvalue weighted by Gasteiger charge is 2.30. The molecule has 5 heteroatoms. The third-order valence-corrected chi connectivity index (χ3v) is 3.12. The van der Waals surface area contributed by atoms with E-state index >= 15 is 0 Å². The van der Waals surface area contributed by atoms with E-state index in [4.69, 9.17) is 14.6 Å². The Morgan fingerprint density at radius 2 is 2.12 bits per heavy atom. The van der Waals surface area contributed by atoms with E-state index in [0.29, 0.717) is 19.8 Å². The van der Waals surface area contributed by atoms with Crippen LogP contribution in [0.5, 0.6) is 0 Å². The predicted molar refractivity (Wildman–Crippen MR) is 63.7 cm³/mol. The van der Waals surface area contributed by atoms with E-state index < -0.39 is 0 Å². The molecule has 1 aliphatic rings. The molecule has 1 amide bonds. The predicted octanol–water partition coefficient (Wildman–Crippen LogP) is 0.317. The lowest BCUT2D eigenvalue weighted by Gasteiger charge is -2.29. The van der Waals surface area contributed by atoms with Crippen molar-refractivity contribution in [2.75, 3.05) is 33.5 Å². The highest BCUT2D eigenvalue weighted by Crippen LogP contribution is 2.26. The quantitative estimate of drug-likeness (QED) is 0.634. The largest absolute Gasteiger partial charge is 0.394 e. The maximum atomic E-state index is 11.9. The fraction of sp³-hybridized carbons (Fsp3) is 0.917. The van der Waals surface area contributed by atoms with E-state index in [1.807, 2.05) is 0 Å². The standard InChI is InChI=1S/C12H23NO4/c1-16-11-5-3-2-4-10(11)12(15)13-6-8-17-9-7-14/h10-11,14H,2-9H2,1H3,(H,13,15). The van der Waals surface area contributed by atoms with Gasteiger partial charge in [0.2, 0.25) is 5.91 Å². The van der Waals surface area contributed by atoms with Gasteiger partial charge in [-0.15, -0.1) is 0 Å².